The van der Waals surface area contributed by atoms with Gasteiger partial charge in [0, 0.05) is 52.8 Å². The zero-order valence-electron chi connectivity index (χ0n) is 26.4. The Kier molecular flexibility index (Phi) is 18.4. The Hall–Kier alpha value is -1.37. The van der Waals surface area contributed by atoms with Crippen LogP contribution >= 0.6 is 7.82 Å². The third-order valence-corrected chi connectivity index (χ3v) is 8.72. The number of methoxy groups -OCH3 is 1. The number of hydrogen-bond donors (Lipinski definition) is 7. The van der Waals surface area contributed by atoms with Crippen LogP contribution in [0.4, 0.5) is 4.79 Å². The third kappa shape index (κ3) is 13.7. The van der Waals surface area contributed by atoms with Crippen molar-refractivity contribution >= 4 is 27.6 Å². The molecule has 2 aliphatic rings. The Balaban J connectivity index is 1.54. The Morgan fingerprint density at radius 2 is 1.58 bits per heavy atom. The Labute approximate surface area is 266 Å². The van der Waals surface area contributed by atoms with Crippen LogP contribution in [0.1, 0.15) is 58.3 Å². The number of ether oxygens (including phenoxy) is 4. The molecular weight excluding hydrogens is 616 g/mol. The van der Waals surface area contributed by atoms with E-state index in [0.29, 0.717) is 32.4 Å². The van der Waals surface area contributed by atoms with Crippen LogP contribution in [0.5, 0.6) is 0 Å². The highest BCUT2D eigenvalue weighted by Crippen LogP contribution is 2.48. The highest BCUT2D eigenvalue weighted by atomic mass is 31.2. The van der Waals surface area contributed by atoms with Crippen LogP contribution in [-0.2, 0) is 37.4 Å². The smallest absolute Gasteiger partial charge is 0.394 e. The number of rotatable bonds is 21. The van der Waals surface area contributed by atoms with E-state index in [1.165, 1.54) is 14.0 Å². The highest BCUT2D eigenvalue weighted by molar-refractivity contribution is 7.47. The molecule has 0 aromatic heterocycles. The molecular formula is C27H51BN3O13P. The van der Waals surface area contributed by atoms with E-state index in [2.05, 4.69) is 20.5 Å². The van der Waals surface area contributed by atoms with Gasteiger partial charge in [-0.1, -0.05) is 25.7 Å². The van der Waals surface area contributed by atoms with Crippen LogP contribution in [0.25, 0.3) is 0 Å². The van der Waals surface area contributed by atoms with Crippen LogP contribution in [0, 0.1) is 5.92 Å². The minimum Gasteiger partial charge on any atom is -0.394 e. The summed E-state index contributed by atoms with van der Waals surface area (Å²) >= 11 is 0. The fraction of sp³-hybridized carbons (Fsp3) is 0.926. The van der Waals surface area contributed by atoms with Crippen molar-refractivity contribution in [1.82, 2.24) is 16.0 Å². The number of carbonyl (C=O) groups excluding carboxylic acids is 2. The zero-order valence-corrected chi connectivity index (χ0v) is 27.3. The molecule has 0 spiro atoms. The molecule has 16 nitrogen and oxygen atoms in total. The average Bonchev–Trinajstić information content (AvgIpc) is 3.27. The molecule has 18 heteroatoms. The number of aliphatic hydroxyl groups excluding tert-OH is 3. The first-order valence-corrected chi connectivity index (χ1v) is 16.9. The summed E-state index contributed by atoms with van der Waals surface area (Å²) in [5.74, 6) is -0.705. The fourth-order valence-corrected chi connectivity index (χ4v) is 6.04. The molecule has 260 valence electrons. The number of carbonyl (C=O) groups is 2. The number of nitrogens with one attached hydrogen (secondary N) is 3. The van der Waals surface area contributed by atoms with E-state index in [0.717, 1.165) is 39.2 Å². The van der Waals surface area contributed by atoms with Crippen LogP contribution in [0.3, 0.4) is 0 Å². The second kappa shape index (κ2) is 20.8. The van der Waals surface area contributed by atoms with Crippen molar-refractivity contribution in [2.75, 3.05) is 47.1 Å². The number of aliphatic hydroxyl groups is 3. The number of amides is 3. The van der Waals surface area contributed by atoms with Crippen LogP contribution in [0.2, 0.25) is 0 Å². The lowest BCUT2D eigenvalue weighted by Crippen LogP contribution is -2.64. The summed E-state index contributed by atoms with van der Waals surface area (Å²) in [5, 5.41) is 37.8. The van der Waals surface area contributed by atoms with Crippen LogP contribution in [0.15, 0.2) is 0 Å². The molecule has 2 heterocycles. The molecule has 2 aliphatic heterocycles. The predicted molar refractivity (Wildman–Crippen MR) is 161 cm³/mol. The van der Waals surface area contributed by atoms with Gasteiger partial charge in [0.15, 0.2) is 6.29 Å². The van der Waals surface area contributed by atoms with Gasteiger partial charge in [0.2, 0.25) is 5.91 Å². The molecule has 3 amide bonds. The summed E-state index contributed by atoms with van der Waals surface area (Å²) < 4.78 is 43.9. The van der Waals surface area contributed by atoms with Crippen LogP contribution < -0.4 is 16.0 Å². The first kappa shape index (κ1) is 39.8. The van der Waals surface area contributed by atoms with E-state index < -0.39 is 69.2 Å². The topological polar surface area (TPSA) is 224 Å². The highest BCUT2D eigenvalue weighted by Gasteiger charge is 2.46. The largest absolute Gasteiger partial charge is 0.472 e. The van der Waals surface area contributed by atoms with Crippen molar-refractivity contribution in [3.8, 4) is 0 Å². The maximum Gasteiger partial charge on any atom is 0.472 e. The van der Waals surface area contributed by atoms with E-state index >= 15 is 0 Å². The third-order valence-electron chi connectivity index (χ3n) is 7.75. The van der Waals surface area contributed by atoms with Gasteiger partial charge >= 0.3 is 13.9 Å². The Bertz CT molecular complexity index is 925. The Morgan fingerprint density at radius 1 is 0.933 bits per heavy atom. The summed E-state index contributed by atoms with van der Waals surface area (Å²) in [5.41, 5.74) is 0. The van der Waals surface area contributed by atoms with E-state index in [-0.39, 0.29) is 25.2 Å². The van der Waals surface area contributed by atoms with Crippen molar-refractivity contribution in [3.63, 3.8) is 0 Å². The number of urea groups is 1. The molecule has 10 atom stereocenters. The summed E-state index contributed by atoms with van der Waals surface area (Å²) in [7, 11) is 4.51. The molecule has 0 aliphatic carbocycles. The molecule has 2 saturated heterocycles. The van der Waals surface area contributed by atoms with Gasteiger partial charge in [0.25, 0.3) is 0 Å². The first-order valence-electron chi connectivity index (χ1n) is 15.4. The van der Waals surface area contributed by atoms with E-state index in [1.807, 2.05) is 0 Å². The average molecular weight is 667 g/mol. The molecule has 2 unspecified atom stereocenters. The second-order valence-electron chi connectivity index (χ2n) is 11.2. The van der Waals surface area contributed by atoms with Gasteiger partial charge < -0.3 is 55.1 Å². The van der Waals surface area contributed by atoms with Crippen molar-refractivity contribution in [1.29, 1.82) is 0 Å². The quantitative estimate of drug-likeness (QED) is 0.0473. The number of phosphoric acid groups is 1. The van der Waals surface area contributed by atoms with Gasteiger partial charge in [0.05, 0.1) is 13.2 Å². The molecule has 7 N–H and O–H groups in total. The molecule has 2 fully saturated rings. The van der Waals surface area contributed by atoms with Gasteiger partial charge in [-0.15, -0.1) is 0 Å². The molecule has 0 saturated carbocycles. The lowest BCUT2D eigenvalue weighted by Gasteiger charge is -2.42. The van der Waals surface area contributed by atoms with Crippen LogP contribution in [-0.4, -0.2) is 136 Å². The van der Waals surface area contributed by atoms with E-state index in [1.54, 1.807) is 0 Å². The van der Waals surface area contributed by atoms with Crippen molar-refractivity contribution in [3.05, 3.63) is 0 Å². The lowest BCUT2D eigenvalue weighted by atomic mass is 9.81. The zero-order chi connectivity index (χ0) is 33.4. The SMILES string of the molecule is [B][C@@H]1O[C@H](COC)C(OP(=O)(O)OC)[C@@H]1CCCCCCCNC(=O)NCCCCO[C@@H]1O[C@H](CO)[C@H](O)[C@H](O)[C@H]1NC(C)=O. The van der Waals surface area contributed by atoms with Crippen molar-refractivity contribution in [2.45, 2.75) is 107 Å². The van der Waals surface area contributed by atoms with Crippen molar-refractivity contribution in [2.24, 2.45) is 5.92 Å². The maximum absolute atomic E-state index is 12.1. The predicted octanol–water partition coefficient (Wildman–Crippen LogP) is -0.345. The molecule has 2 rings (SSSR count). The number of unbranched alkanes of at least 4 members (excludes halogenated alkanes) is 5. The lowest BCUT2D eigenvalue weighted by molar-refractivity contribution is -0.270. The standard InChI is InChI=1S/C27H51BN3O13P/c1-17(33)31-21-23(35)22(34)19(15-32)43-26(21)41-14-10-9-13-30-27(36)29-12-8-6-4-5-7-11-18-24(44-45(37,38)40-3)20(16-39-2)42-25(18)28/h18-26,32,34-35H,4-16H2,1-3H3,(H,31,33)(H,37,38)(H2,29,30,36)/t18-,19+,20+,21+,22-,23+,24?,25+,26+/m0/s1. The molecule has 0 aromatic rings. The fourth-order valence-electron chi connectivity index (χ4n) is 5.35. The number of hydrogen-bond acceptors (Lipinski definition) is 12. The summed E-state index contributed by atoms with van der Waals surface area (Å²) in [4.78, 5) is 33.3. The summed E-state index contributed by atoms with van der Waals surface area (Å²) in [6.07, 6.45) is 0.108. The van der Waals surface area contributed by atoms with Gasteiger partial charge in [-0.3, -0.25) is 13.8 Å². The molecule has 45 heavy (non-hydrogen) atoms. The first-order chi connectivity index (χ1) is 21.4. The van der Waals surface area contributed by atoms with E-state index in [9.17, 15) is 34.4 Å². The van der Waals surface area contributed by atoms with Gasteiger partial charge in [-0.25, -0.2) is 9.36 Å². The maximum atomic E-state index is 12.1. The summed E-state index contributed by atoms with van der Waals surface area (Å²) in [6, 6.07) is -1.90. The minimum absolute atomic E-state index is 0.176. The van der Waals surface area contributed by atoms with Gasteiger partial charge in [-0.2, -0.15) is 0 Å². The van der Waals surface area contributed by atoms with E-state index in [4.69, 9.17) is 31.3 Å². The van der Waals surface area contributed by atoms with Gasteiger partial charge in [-0.05, 0) is 25.7 Å². The monoisotopic (exact) mass is 667 g/mol. The molecule has 0 bridgehead atoms. The Morgan fingerprint density at radius 3 is 2.20 bits per heavy atom. The molecule has 2 radical (unpaired) electrons. The number of phosphoric ester groups is 1. The summed E-state index contributed by atoms with van der Waals surface area (Å²) in [6.45, 7) is 2.07. The normalized spacial score (nSPS) is 31.3. The van der Waals surface area contributed by atoms with Gasteiger partial charge in [0.1, 0.15) is 44.4 Å². The molecule has 0 aromatic carbocycles. The second-order valence-corrected chi connectivity index (χ2v) is 12.7. The minimum atomic E-state index is -4.22. The van der Waals surface area contributed by atoms with Crippen molar-refractivity contribution < 1.29 is 62.4 Å².